The maximum absolute atomic E-state index is 13.5. The maximum atomic E-state index is 13.5. The van der Waals surface area contributed by atoms with E-state index in [0.29, 0.717) is 28.8 Å². The highest BCUT2D eigenvalue weighted by Crippen LogP contribution is 2.25. The molecule has 1 aromatic heterocycles. The molecule has 0 fully saturated rings. The second-order valence-corrected chi connectivity index (χ2v) is 9.65. The summed E-state index contributed by atoms with van der Waals surface area (Å²) in [7, 11) is 0. The number of hydrogen-bond acceptors (Lipinski definition) is 3. The Morgan fingerprint density at radius 3 is 2.16 bits per heavy atom. The molecule has 4 aromatic rings. The first kappa shape index (κ1) is 26.6. The van der Waals surface area contributed by atoms with Gasteiger partial charge in [-0.2, -0.15) is 5.10 Å². The van der Waals surface area contributed by atoms with Crippen LogP contribution in [0.5, 0.6) is 0 Å². The van der Waals surface area contributed by atoms with E-state index < -0.39 is 0 Å². The van der Waals surface area contributed by atoms with Crippen molar-refractivity contribution in [2.45, 2.75) is 39.7 Å². The molecular weight excluding hydrogens is 481 g/mol. The van der Waals surface area contributed by atoms with E-state index in [-0.39, 0.29) is 30.3 Å². The Bertz CT molecular complexity index is 1380. The van der Waals surface area contributed by atoms with Gasteiger partial charge >= 0.3 is 6.03 Å². The van der Waals surface area contributed by atoms with Gasteiger partial charge in [0.25, 0.3) is 0 Å². The van der Waals surface area contributed by atoms with E-state index in [1.54, 1.807) is 22.9 Å². The third-order valence-corrected chi connectivity index (χ3v) is 6.14. The monoisotopic (exact) mass is 513 g/mol. The van der Waals surface area contributed by atoms with Crippen molar-refractivity contribution in [1.82, 2.24) is 14.7 Å². The first-order valence-corrected chi connectivity index (χ1v) is 12.6. The first-order valence-electron chi connectivity index (χ1n) is 12.6. The number of halogens is 1. The smallest absolute Gasteiger partial charge is 0.313 e. The van der Waals surface area contributed by atoms with E-state index in [9.17, 15) is 14.0 Å². The van der Waals surface area contributed by atoms with E-state index in [2.05, 4.69) is 29.6 Å². The molecule has 0 bridgehead atoms. The summed E-state index contributed by atoms with van der Waals surface area (Å²) >= 11 is 0. The molecule has 7 nitrogen and oxygen atoms in total. The Morgan fingerprint density at radius 1 is 0.895 bits per heavy atom. The van der Waals surface area contributed by atoms with Gasteiger partial charge in [0.2, 0.25) is 5.91 Å². The predicted octanol–water partition coefficient (Wildman–Crippen LogP) is 6.68. The fourth-order valence-electron chi connectivity index (χ4n) is 3.97. The molecule has 0 atom stereocenters. The highest BCUT2D eigenvalue weighted by atomic mass is 19.1. The second kappa shape index (κ2) is 11.7. The van der Waals surface area contributed by atoms with Crippen LogP contribution in [-0.4, -0.2) is 39.2 Å². The van der Waals surface area contributed by atoms with Crippen LogP contribution in [0.25, 0.3) is 16.9 Å². The van der Waals surface area contributed by atoms with Crippen LogP contribution < -0.4 is 10.6 Å². The van der Waals surface area contributed by atoms with Crippen molar-refractivity contribution in [3.63, 3.8) is 0 Å². The zero-order valence-electron chi connectivity index (χ0n) is 22.0. The van der Waals surface area contributed by atoms with Crippen LogP contribution >= 0.6 is 0 Å². The number of carbonyl (C=O) groups excluding carboxylic acids is 2. The third kappa shape index (κ3) is 6.45. The predicted molar refractivity (Wildman–Crippen MR) is 149 cm³/mol. The summed E-state index contributed by atoms with van der Waals surface area (Å²) in [5.74, 6) is 0.0503. The number of benzene rings is 3. The maximum Gasteiger partial charge on any atom is 0.322 e. The van der Waals surface area contributed by atoms with Gasteiger partial charge in [0, 0.05) is 23.4 Å². The largest absolute Gasteiger partial charge is 0.322 e. The van der Waals surface area contributed by atoms with Crippen molar-refractivity contribution in [2.75, 3.05) is 17.2 Å². The molecule has 4 rings (SSSR count). The Morgan fingerprint density at radius 2 is 1.55 bits per heavy atom. The van der Waals surface area contributed by atoms with Gasteiger partial charge in [-0.25, -0.2) is 13.9 Å². The normalized spacial score (nSPS) is 11.0. The van der Waals surface area contributed by atoms with E-state index >= 15 is 0 Å². The Labute approximate surface area is 222 Å². The summed E-state index contributed by atoms with van der Waals surface area (Å²) in [6.07, 6.45) is 0. The lowest BCUT2D eigenvalue weighted by molar-refractivity contribution is -0.117. The molecule has 0 aliphatic carbocycles. The summed E-state index contributed by atoms with van der Waals surface area (Å²) in [4.78, 5) is 27.7. The molecule has 0 saturated heterocycles. The van der Waals surface area contributed by atoms with Crippen LogP contribution in [0.15, 0.2) is 84.9 Å². The lowest BCUT2D eigenvalue weighted by Crippen LogP contribution is -2.44. The van der Waals surface area contributed by atoms with Crippen LogP contribution in [0.1, 0.15) is 39.2 Å². The van der Waals surface area contributed by atoms with Crippen molar-refractivity contribution < 1.29 is 14.0 Å². The Kier molecular flexibility index (Phi) is 8.21. The average Bonchev–Trinajstić information content (AvgIpc) is 3.32. The molecule has 1 heterocycles. The molecule has 0 spiro atoms. The molecule has 2 N–H and O–H groups in total. The molecule has 0 aliphatic rings. The minimum absolute atomic E-state index is 0.164. The van der Waals surface area contributed by atoms with Gasteiger partial charge < -0.3 is 15.5 Å². The molecule has 0 unspecified atom stereocenters. The molecular formula is C30H32FN5O2. The lowest BCUT2D eigenvalue weighted by Gasteiger charge is -2.26. The zero-order chi connectivity index (χ0) is 27.2. The number of anilines is 2. The SMILES string of the molecule is CC(C)c1ccc(NC(=O)N(CC(=O)Nc2cc(-c3ccccc3)nn2-c2ccc(F)cc2)C(C)C)cc1. The summed E-state index contributed by atoms with van der Waals surface area (Å²) in [6.45, 7) is 7.76. The van der Waals surface area contributed by atoms with E-state index in [4.69, 9.17) is 0 Å². The highest BCUT2D eigenvalue weighted by molar-refractivity contribution is 5.97. The number of aromatic nitrogens is 2. The van der Waals surface area contributed by atoms with Crippen LogP contribution in [0.3, 0.4) is 0 Å². The van der Waals surface area contributed by atoms with Crippen LogP contribution in [-0.2, 0) is 4.79 Å². The molecule has 3 amide bonds. The summed E-state index contributed by atoms with van der Waals surface area (Å²) in [5, 5.41) is 10.4. The fourth-order valence-corrected chi connectivity index (χ4v) is 3.97. The minimum atomic E-state index is -0.383. The molecule has 3 aromatic carbocycles. The number of urea groups is 1. The van der Waals surface area contributed by atoms with Gasteiger partial charge in [-0.15, -0.1) is 0 Å². The average molecular weight is 514 g/mol. The van der Waals surface area contributed by atoms with Crippen molar-refractivity contribution >= 4 is 23.4 Å². The van der Waals surface area contributed by atoms with E-state index in [0.717, 1.165) is 5.56 Å². The topological polar surface area (TPSA) is 79.3 Å². The summed E-state index contributed by atoms with van der Waals surface area (Å²) < 4.78 is 15.1. The summed E-state index contributed by atoms with van der Waals surface area (Å²) in [6, 6.07) is 24.2. The van der Waals surface area contributed by atoms with Crippen LogP contribution in [0.4, 0.5) is 20.7 Å². The molecule has 196 valence electrons. The van der Waals surface area contributed by atoms with Gasteiger partial charge in [0.1, 0.15) is 18.2 Å². The Hall–Kier alpha value is -4.46. The van der Waals surface area contributed by atoms with E-state index in [1.807, 2.05) is 68.4 Å². The molecule has 0 aliphatic heterocycles. The lowest BCUT2D eigenvalue weighted by atomic mass is 10.0. The third-order valence-electron chi connectivity index (χ3n) is 6.14. The summed E-state index contributed by atoms with van der Waals surface area (Å²) in [5.41, 5.74) is 3.94. The van der Waals surface area contributed by atoms with Gasteiger partial charge in [0.05, 0.1) is 11.4 Å². The van der Waals surface area contributed by atoms with Crippen molar-refractivity contribution in [1.29, 1.82) is 0 Å². The minimum Gasteiger partial charge on any atom is -0.313 e. The van der Waals surface area contributed by atoms with Crippen molar-refractivity contribution in [2.24, 2.45) is 0 Å². The molecule has 0 saturated carbocycles. The second-order valence-electron chi connectivity index (χ2n) is 9.65. The van der Waals surface area contributed by atoms with Crippen molar-refractivity contribution in [3.05, 3.63) is 96.3 Å². The zero-order valence-corrected chi connectivity index (χ0v) is 22.0. The van der Waals surface area contributed by atoms with Gasteiger partial charge in [-0.3, -0.25) is 4.79 Å². The number of carbonyl (C=O) groups is 2. The number of nitrogens with zero attached hydrogens (tertiary/aromatic N) is 3. The quantitative estimate of drug-likeness (QED) is 0.276. The van der Waals surface area contributed by atoms with Gasteiger partial charge in [-0.1, -0.05) is 56.3 Å². The number of rotatable bonds is 8. The number of nitrogens with one attached hydrogen (secondary N) is 2. The molecule has 0 radical (unpaired) electrons. The molecule has 8 heteroatoms. The van der Waals surface area contributed by atoms with Crippen LogP contribution in [0, 0.1) is 5.82 Å². The van der Waals surface area contributed by atoms with Crippen LogP contribution in [0.2, 0.25) is 0 Å². The van der Waals surface area contributed by atoms with Crippen molar-refractivity contribution in [3.8, 4) is 16.9 Å². The molecule has 38 heavy (non-hydrogen) atoms. The number of hydrogen-bond donors (Lipinski definition) is 2. The van der Waals surface area contributed by atoms with Gasteiger partial charge in [0.15, 0.2) is 0 Å². The first-order chi connectivity index (χ1) is 18.2. The Balaban J connectivity index is 1.53. The van der Waals surface area contributed by atoms with Gasteiger partial charge in [-0.05, 0) is 61.7 Å². The number of amides is 3. The van der Waals surface area contributed by atoms with E-state index in [1.165, 1.54) is 22.6 Å². The highest BCUT2D eigenvalue weighted by Gasteiger charge is 2.22. The fraction of sp³-hybridized carbons (Fsp3) is 0.233. The standard InChI is InChI=1S/C30H32FN5O2/c1-20(2)22-10-14-25(15-11-22)32-30(38)35(21(3)4)19-29(37)33-28-18-27(23-8-6-5-7-9-23)34-36(28)26-16-12-24(31)13-17-26/h5-18,20-21H,19H2,1-4H3,(H,32,38)(H,33,37).